The van der Waals surface area contributed by atoms with Crippen LogP contribution < -0.4 is 16.4 Å². The second kappa shape index (κ2) is 10.6. The van der Waals surface area contributed by atoms with Crippen LogP contribution in [0.1, 0.15) is 31.2 Å². The molecule has 0 radical (unpaired) electrons. The molecule has 0 bridgehead atoms. The first-order valence-corrected chi connectivity index (χ1v) is 9.30. The van der Waals surface area contributed by atoms with E-state index in [0.29, 0.717) is 13.1 Å². The summed E-state index contributed by atoms with van der Waals surface area (Å²) in [5.41, 5.74) is 5.65. The van der Waals surface area contributed by atoms with Gasteiger partial charge in [-0.2, -0.15) is 0 Å². The Labute approximate surface area is 159 Å². The highest BCUT2D eigenvalue weighted by atomic mass is 16.4. The van der Waals surface area contributed by atoms with Crippen molar-refractivity contribution in [1.29, 1.82) is 0 Å². The van der Waals surface area contributed by atoms with E-state index in [1.807, 2.05) is 30.3 Å². The molecule has 27 heavy (non-hydrogen) atoms. The number of nitrogens with two attached hydrogens (primary N) is 1. The topological polar surface area (TPSA) is 125 Å². The van der Waals surface area contributed by atoms with Gasteiger partial charge in [-0.05, 0) is 37.8 Å². The van der Waals surface area contributed by atoms with Crippen LogP contribution >= 0.6 is 0 Å². The number of hydrogen-bond donors (Lipinski definition) is 4. The maximum absolute atomic E-state index is 12.5. The molecule has 5 N–H and O–H groups in total. The Hall–Kier alpha value is -2.45. The van der Waals surface area contributed by atoms with E-state index in [4.69, 9.17) is 5.11 Å². The lowest BCUT2D eigenvalue weighted by Gasteiger charge is -2.26. The van der Waals surface area contributed by atoms with Gasteiger partial charge in [0.1, 0.15) is 6.04 Å². The van der Waals surface area contributed by atoms with Crippen LogP contribution in [0.4, 0.5) is 0 Å². The number of carboxylic acid groups (broad SMARTS) is 1. The molecule has 2 aliphatic rings. The minimum atomic E-state index is -0.968. The van der Waals surface area contributed by atoms with Crippen molar-refractivity contribution < 1.29 is 19.5 Å². The SMILES string of the molecule is NCC(=O)O.O=C(NCc1ccccc1)[C@@H]1CCCN1C(=O)[C@H]1CCCN1. The minimum Gasteiger partial charge on any atom is -0.480 e. The standard InChI is InChI=1S/C17H23N3O2.C2H5NO2/c21-16(19-12-13-6-2-1-3-7-13)15-9-5-11-20(15)17(22)14-8-4-10-18-14;3-1-2(4)5/h1-3,6-7,14-15,18H,4-5,8-12H2,(H,19,21);1,3H2,(H,4,5)/t14-,15+;/m1./s1. The van der Waals surface area contributed by atoms with Crippen LogP contribution in [-0.4, -0.2) is 59.5 Å². The second-order valence-electron chi connectivity index (χ2n) is 6.64. The van der Waals surface area contributed by atoms with Gasteiger partial charge in [0.05, 0.1) is 12.6 Å². The summed E-state index contributed by atoms with van der Waals surface area (Å²) in [6.45, 7) is 1.83. The van der Waals surface area contributed by atoms with E-state index in [0.717, 1.165) is 37.8 Å². The van der Waals surface area contributed by atoms with E-state index < -0.39 is 5.97 Å². The maximum Gasteiger partial charge on any atom is 0.317 e. The van der Waals surface area contributed by atoms with E-state index in [-0.39, 0.29) is 30.4 Å². The van der Waals surface area contributed by atoms with Crippen molar-refractivity contribution in [2.45, 2.75) is 44.3 Å². The third kappa shape index (κ3) is 6.33. The molecule has 3 rings (SSSR count). The van der Waals surface area contributed by atoms with Gasteiger partial charge in [-0.1, -0.05) is 30.3 Å². The van der Waals surface area contributed by atoms with Gasteiger partial charge in [0, 0.05) is 13.1 Å². The third-order valence-corrected chi connectivity index (χ3v) is 4.68. The number of aliphatic carboxylic acids is 1. The van der Waals surface area contributed by atoms with E-state index >= 15 is 0 Å². The molecule has 2 fully saturated rings. The fourth-order valence-corrected chi connectivity index (χ4v) is 3.30. The van der Waals surface area contributed by atoms with E-state index in [1.165, 1.54) is 0 Å². The third-order valence-electron chi connectivity index (χ3n) is 4.68. The van der Waals surface area contributed by atoms with Crippen molar-refractivity contribution in [3.05, 3.63) is 35.9 Å². The summed E-state index contributed by atoms with van der Waals surface area (Å²) < 4.78 is 0. The number of hydrogen-bond acceptors (Lipinski definition) is 5. The zero-order valence-electron chi connectivity index (χ0n) is 15.4. The van der Waals surface area contributed by atoms with Crippen LogP contribution in [-0.2, 0) is 20.9 Å². The van der Waals surface area contributed by atoms with Gasteiger partial charge in [-0.15, -0.1) is 0 Å². The van der Waals surface area contributed by atoms with Crippen LogP contribution in [0.15, 0.2) is 30.3 Å². The van der Waals surface area contributed by atoms with Crippen LogP contribution in [0, 0.1) is 0 Å². The van der Waals surface area contributed by atoms with Gasteiger partial charge < -0.3 is 26.4 Å². The quantitative estimate of drug-likeness (QED) is 0.577. The molecule has 1 aromatic rings. The first kappa shape index (κ1) is 20.9. The Bertz CT molecular complexity index is 632. The molecule has 8 nitrogen and oxygen atoms in total. The largest absolute Gasteiger partial charge is 0.480 e. The Morgan fingerprint density at radius 2 is 1.89 bits per heavy atom. The fourth-order valence-electron chi connectivity index (χ4n) is 3.30. The average Bonchev–Trinajstić information content (AvgIpc) is 3.38. The van der Waals surface area contributed by atoms with Crippen molar-refractivity contribution in [2.24, 2.45) is 5.73 Å². The van der Waals surface area contributed by atoms with Gasteiger partial charge in [0.25, 0.3) is 0 Å². The number of nitrogens with zero attached hydrogens (tertiary/aromatic N) is 1. The lowest BCUT2D eigenvalue weighted by atomic mass is 10.1. The normalized spacial score (nSPS) is 21.3. The number of carbonyl (C=O) groups is 3. The van der Waals surface area contributed by atoms with Gasteiger partial charge in [-0.25, -0.2) is 0 Å². The molecular formula is C19H28N4O4. The van der Waals surface area contributed by atoms with Crippen LogP contribution in [0.25, 0.3) is 0 Å². The summed E-state index contributed by atoms with van der Waals surface area (Å²) in [4.78, 5) is 36.0. The first-order chi connectivity index (χ1) is 13.0. The smallest absolute Gasteiger partial charge is 0.317 e. The Balaban J connectivity index is 0.000000465. The van der Waals surface area contributed by atoms with Crippen LogP contribution in [0.2, 0.25) is 0 Å². The maximum atomic E-state index is 12.5. The number of carboxylic acids is 1. The first-order valence-electron chi connectivity index (χ1n) is 9.30. The fraction of sp³-hybridized carbons (Fsp3) is 0.526. The number of likely N-dealkylation sites (tertiary alicyclic amines) is 1. The lowest BCUT2D eigenvalue weighted by molar-refractivity contribution is -0.139. The highest BCUT2D eigenvalue weighted by Gasteiger charge is 2.37. The molecule has 2 atom stereocenters. The van der Waals surface area contributed by atoms with Crippen molar-refractivity contribution in [3.8, 4) is 0 Å². The zero-order valence-corrected chi connectivity index (χ0v) is 15.4. The van der Waals surface area contributed by atoms with E-state index in [2.05, 4.69) is 16.4 Å². The van der Waals surface area contributed by atoms with E-state index in [1.54, 1.807) is 4.90 Å². The lowest BCUT2D eigenvalue weighted by Crippen LogP contribution is -2.50. The molecule has 2 saturated heterocycles. The molecule has 0 saturated carbocycles. The molecule has 0 spiro atoms. The van der Waals surface area contributed by atoms with Gasteiger partial charge in [0.2, 0.25) is 11.8 Å². The van der Waals surface area contributed by atoms with Crippen molar-refractivity contribution in [2.75, 3.05) is 19.6 Å². The number of nitrogens with one attached hydrogen (secondary N) is 2. The number of amides is 2. The summed E-state index contributed by atoms with van der Waals surface area (Å²) in [5.74, 6) is -0.910. The van der Waals surface area contributed by atoms with Gasteiger partial charge in [-0.3, -0.25) is 14.4 Å². The van der Waals surface area contributed by atoms with Crippen LogP contribution in [0.5, 0.6) is 0 Å². The van der Waals surface area contributed by atoms with Crippen molar-refractivity contribution >= 4 is 17.8 Å². The average molecular weight is 376 g/mol. The molecule has 0 aliphatic carbocycles. The predicted octanol–water partition coefficient (Wildman–Crippen LogP) is 0.0755. The Morgan fingerprint density at radius 1 is 1.19 bits per heavy atom. The van der Waals surface area contributed by atoms with Crippen molar-refractivity contribution in [1.82, 2.24) is 15.5 Å². The predicted molar refractivity (Wildman–Crippen MR) is 101 cm³/mol. The Kier molecular flexibility index (Phi) is 8.22. The molecule has 2 aliphatic heterocycles. The summed E-state index contributed by atoms with van der Waals surface area (Å²) in [6, 6.07) is 9.44. The summed E-state index contributed by atoms with van der Waals surface area (Å²) >= 11 is 0. The number of carbonyl (C=O) groups excluding carboxylic acids is 2. The minimum absolute atomic E-state index is 0.0345. The Morgan fingerprint density at radius 3 is 2.48 bits per heavy atom. The molecule has 0 aromatic heterocycles. The highest BCUT2D eigenvalue weighted by Crippen LogP contribution is 2.20. The van der Waals surface area contributed by atoms with Crippen molar-refractivity contribution in [3.63, 3.8) is 0 Å². The summed E-state index contributed by atoms with van der Waals surface area (Å²) in [7, 11) is 0. The highest BCUT2D eigenvalue weighted by molar-refractivity contribution is 5.90. The molecule has 8 heteroatoms. The summed E-state index contributed by atoms with van der Waals surface area (Å²) in [6.07, 6.45) is 3.59. The van der Waals surface area contributed by atoms with E-state index in [9.17, 15) is 14.4 Å². The molecule has 2 heterocycles. The molecule has 0 unspecified atom stereocenters. The molecular weight excluding hydrogens is 348 g/mol. The number of benzene rings is 1. The molecule has 2 amide bonds. The molecule has 148 valence electrons. The second-order valence-corrected chi connectivity index (χ2v) is 6.64. The molecule has 1 aromatic carbocycles. The summed E-state index contributed by atoms with van der Waals surface area (Å²) in [5, 5.41) is 13.8. The van der Waals surface area contributed by atoms with Gasteiger partial charge in [0.15, 0.2) is 0 Å². The van der Waals surface area contributed by atoms with Crippen LogP contribution in [0.3, 0.4) is 0 Å². The number of rotatable bonds is 5. The zero-order chi connectivity index (χ0) is 19.6. The van der Waals surface area contributed by atoms with Gasteiger partial charge >= 0.3 is 5.97 Å². The monoisotopic (exact) mass is 376 g/mol.